The zero-order valence-electron chi connectivity index (χ0n) is 11.3. The van der Waals surface area contributed by atoms with Gasteiger partial charge in [0.1, 0.15) is 0 Å². The highest BCUT2D eigenvalue weighted by atomic mass is 79.9. The summed E-state index contributed by atoms with van der Waals surface area (Å²) in [6.45, 7) is 5.00. The maximum absolute atomic E-state index is 6.10. The molecule has 0 aliphatic carbocycles. The first-order valence-corrected chi connectivity index (χ1v) is 7.56. The number of rotatable bonds is 6. The second-order valence-corrected chi connectivity index (χ2v) is 5.69. The summed E-state index contributed by atoms with van der Waals surface area (Å²) in [7, 11) is 0. The second kappa shape index (κ2) is 7.06. The molecular weight excluding hydrogens is 344 g/mol. The topological polar surface area (TPSA) is 63.0 Å². The van der Waals surface area contributed by atoms with Crippen LogP contribution in [0.5, 0.6) is 0 Å². The standard InChI is InChI=1S/C13H16BrClN4O/c1-3-6-16-8(2)12-18-19-13(20-12)17-11-7-9(14)4-5-10(11)15/h4-5,7-8,16H,3,6H2,1-2H3,(H,17,19). The van der Waals surface area contributed by atoms with E-state index < -0.39 is 0 Å². The molecule has 0 aliphatic heterocycles. The molecule has 0 saturated carbocycles. The molecule has 20 heavy (non-hydrogen) atoms. The quantitative estimate of drug-likeness (QED) is 0.805. The Morgan fingerprint density at radius 3 is 2.95 bits per heavy atom. The summed E-state index contributed by atoms with van der Waals surface area (Å²) in [5, 5.41) is 14.9. The van der Waals surface area contributed by atoms with E-state index in [1.54, 1.807) is 6.07 Å². The molecule has 1 unspecified atom stereocenters. The number of hydrogen-bond donors (Lipinski definition) is 2. The highest BCUT2D eigenvalue weighted by Gasteiger charge is 2.13. The lowest BCUT2D eigenvalue weighted by Gasteiger charge is -2.08. The van der Waals surface area contributed by atoms with Crippen LogP contribution in [0.1, 0.15) is 32.2 Å². The fourth-order valence-electron chi connectivity index (χ4n) is 1.62. The Morgan fingerprint density at radius 1 is 1.40 bits per heavy atom. The average Bonchev–Trinajstić information content (AvgIpc) is 2.89. The van der Waals surface area contributed by atoms with Crippen molar-refractivity contribution in [2.75, 3.05) is 11.9 Å². The Balaban J connectivity index is 2.07. The van der Waals surface area contributed by atoms with Gasteiger partial charge in [0.05, 0.1) is 16.8 Å². The molecule has 0 fully saturated rings. The van der Waals surface area contributed by atoms with E-state index in [1.165, 1.54) is 0 Å². The maximum atomic E-state index is 6.10. The third-order valence-electron chi connectivity index (χ3n) is 2.68. The largest absolute Gasteiger partial charge is 0.406 e. The first-order chi connectivity index (χ1) is 9.60. The molecule has 1 aromatic carbocycles. The van der Waals surface area contributed by atoms with Crippen molar-refractivity contribution in [3.63, 3.8) is 0 Å². The van der Waals surface area contributed by atoms with Gasteiger partial charge in [-0.05, 0) is 38.1 Å². The molecule has 2 N–H and O–H groups in total. The van der Waals surface area contributed by atoms with Crippen molar-refractivity contribution >= 4 is 39.2 Å². The van der Waals surface area contributed by atoms with Crippen LogP contribution in [0.3, 0.4) is 0 Å². The Hall–Kier alpha value is -1.11. The number of hydrogen-bond acceptors (Lipinski definition) is 5. The van der Waals surface area contributed by atoms with Gasteiger partial charge in [-0.15, -0.1) is 5.10 Å². The molecule has 1 heterocycles. The summed E-state index contributed by atoms with van der Waals surface area (Å²) in [5.74, 6) is 0.548. The zero-order valence-corrected chi connectivity index (χ0v) is 13.6. The van der Waals surface area contributed by atoms with Crippen LogP contribution in [0.4, 0.5) is 11.7 Å². The van der Waals surface area contributed by atoms with Gasteiger partial charge >= 0.3 is 6.01 Å². The number of anilines is 2. The third-order valence-corrected chi connectivity index (χ3v) is 3.50. The number of benzene rings is 1. The molecule has 0 saturated heterocycles. The van der Waals surface area contributed by atoms with Crippen LogP contribution in [0.25, 0.3) is 0 Å². The van der Waals surface area contributed by atoms with Gasteiger partial charge in [-0.2, -0.15) is 0 Å². The van der Waals surface area contributed by atoms with Crippen LogP contribution in [0.15, 0.2) is 27.1 Å². The molecule has 1 aromatic heterocycles. The SMILES string of the molecule is CCCNC(C)c1nnc(Nc2cc(Br)ccc2Cl)o1. The molecule has 108 valence electrons. The van der Waals surface area contributed by atoms with E-state index in [-0.39, 0.29) is 6.04 Å². The molecule has 0 radical (unpaired) electrons. The predicted molar refractivity (Wildman–Crippen MR) is 83.4 cm³/mol. The summed E-state index contributed by atoms with van der Waals surface area (Å²) in [6.07, 6.45) is 1.05. The molecule has 0 aliphatic rings. The summed E-state index contributed by atoms with van der Waals surface area (Å²) in [6, 6.07) is 5.85. The van der Waals surface area contributed by atoms with E-state index in [0.29, 0.717) is 22.6 Å². The van der Waals surface area contributed by atoms with Gasteiger partial charge in [0.15, 0.2) is 0 Å². The van der Waals surface area contributed by atoms with Crippen molar-refractivity contribution in [3.8, 4) is 0 Å². The molecule has 5 nitrogen and oxygen atoms in total. The fraction of sp³-hybridized carbons (Fsp3) is 0.385. The molecule has 0 spiro atoms. The van der Waals surface area contributed by atoms with Gasteiger partial charge in [0, 0.05) is 4.47 Å². The van der Waals surface area contributed by atoms with Crippen molar-refractivity contribution in [1.29, 1.82) is 0 Å². The van der Waals surface area contributed by atoms with Crippen molar-refractivity contribution < 1.29 is 4.42 Å². The van der Waals surface area contributed by atoms with Crippen LogP contribution in [0, 0.1) is 0 Å². The first kappa shape index (κ1) is 15.3. The molecule has 0 bridgehead atoms. The van der Waals surface area contributed by atoms with Gasteiger partial charge < -0.3 is 15.1 Å². The zero-order chi connectivity index (χ0) is 14.5. The van der Waals surface area contributed by atoms with E-state index in [1.807, 2.05) is 19.1 Å². The van der Waals surface area contributed by atoms with Crippen LogP contribution in [-0.4, -0.2) is 16.7 Å². The van der Waals surface area contributed by atoms with E-state index in [2.05, 4.69) is 43.7 Å². The summed E-state index contributed by atoms with van der Waals surface area (Å²) in [5.41, 5.74) is 0.713. The van der Waals surface area contributed by atoms with Crippen molar-refractivity contribution in [2.24, 2.45) is 0 Å². The average molecular weight is 360 g/mol. The highest BCUT2D eigenvalue weighted by molar-refractivity contribution is 9.10. The smallest absolute Gasteiger partial charge is 0.320 e. The minimum absolute atomic E-state index is 0.0241. The molecular formula is C13H16BrClN4O. The van der Waals surface area contributed by atoms with Crippen LogP contribution in [-0.2, 0) is 0 Å². The lowest BCUT2D eigenvalue weighted by atomic mass is 10.3. The van der Waals surface area contributed by atoms with E-state index in [0.717, 1.165) is 17.4 Å². The first-order valence-electron chi connectivity index (χ1n) is 6.39. The summed E-state index contributed by atoms with van der Waals surface area (Å²) >= 11 is 9.49. The Morgan fingerprint density at radius 2 is 2.20 bits per heavy atom. The minimum Gasteiger partial charge on any atom is -0.406 e. The van der Waals surface area contributed by atoms with E-state index in [9.17, 15) is 0 Å². The maximum Gasteiger partial charge on any atom is 0.320 e. The normalized spacial score (nSPS) is 12.4. The number of nitrogens with one attached hydrogen (secondary N) is 2. The van der Waals surface area contributed by atoms with E-state index >= 15 is 0 Å². The molecule has 7 heteroatoms. The lowest BCUT2D eigenvalue weighted by molar-refractivity contribution is 0.424. The van der Waals surface area contributed by atoms with Crippen LogP contribution >= 0.6 is 27.5 Å². The summed E-state index contributed by atoms with van der Waals surface area (Å²) < 4.78 is 6.49. The third kappa shape index (κ3) is 3.94. The number of halogens is 2. The highest BCUT2D eigenvalue weighted by Crippen LogP contribution is 2.28. The number of aromatic nitrogens is 2. The van der Waals surface area contributed by atoms with E-state index in [4.69, 9.17) is 16.0 Å². The van der Waals surface area contributed by atoms with Gasteiger partial charge in [-0.3, -0.25) is 0 Å². The summed E-state index contributed by atoms with van der Waals surface area (Å²) in [4.78, 5) is 0. The predicted octanol–water partition coefficient (Wildman–Crippen LogP) is 4.29. The monoisotopic (exact) mass is 358 g/mol. The van der Waals surface area contributed by atoms with Gasteiger partial charge in [0.2, 0.25) is 5.89 Å². The second-order valence-electron chi connectivity index (χ2n) is 4.37. The van der Waals surface area contributed by atoms with Crippen LogP contribution < -0.4 is 10.6 Å². The van der Waals surface area contributed by atoms with Crippen molar-refractivity contribution in [1.82, 2.24) is 15.5 Å². The van der Waals surface area contributed by atoms with Crippen molar-refractivity contribution in [3.05, 3.63) is 33.6 Å². The Labute approximate surface area is 131 Å². The van der Waals surface area contributed by atoms with Gasteiger partial charge in [0.25, 0.3) is 0 Å². The minimum atomic E-state index is 0.0241. The van der Waals surface area contributed by atoms with Gasteiger partial charge in [-0.25, -0.2) is 0 Å². The Kier molecular flexibility index (Phi) is 5.39. The van der Waals surface area contributed by atoms with Crippen LogP contribution in [0.2, 0.25) is 5.02 Å². The molecule has 0 amide bonds. The Bertz CT molecular complexity index is 575. The molecule has 2 aromatic rings. The van der Waals surface area contributed by atoms with Gasteiger partial charge in [-0.1, -0.05) is 39.6 Å². The number of nitrogens with zero attached hydrogens (tertiary/aromatic N) is 2. The fourth-order valence-corrected chi connectivity index (χ4v) is 2.14. The lowest BCUT2D eigenvalue weighted by Crippen LogP contribution is -2.19. The molecule has 1 atom stereocenters. The molecule has 2 rings (SSSR count). The van der Waals surface area contributed by atoms with Crippen molar-refractivity contribution in [2.45, 2.75) is 26.3 Å².